The van der Waals surface area contributed by atoms with Gasteiger partial charge in [0.1, 0.15) is 12.4 Å². The van der Waals surface area contributed by atoms with Crippen LogP contribution in [0.3, 0.4) is 0 Å². The van der Waals surface area contributed by atoms with E-state index >= 15 is 0 Å². The minimum Gasteiger partial charge on any atom is -0.490 e. The third-order valence-electron chi connectivity index (χ3n) is 3.34. The van der Waals surface area contributed by atoms with Crippen molar-refractivity contribution < 1.29 is 14.3 Å². The molecular weight excluding hydrogens is 228 g/mol. The molecule has 0 aliphatic carbocycles. The molecule has 1 aliphatic heterocycles. The summed E-state index contributed by atoms with van der Waals surface area (Å²) >= 11 is 0. The molecule has 2 rings (SSSR count). The Morgan fingerprint density at radius 2 is 2.28 bits per heavy atom. The molecule has 0 radical (unpaired) electrons. The molecule has 18 heavy (non-hydrogen) atoms. The Hall–Kier alpha value is -1.35. The van der Waals surface area contributed by atoms with E-state index in [9.17, 15) is 4.79 Å². The van der Waals surface area contributed by atoms with Gasteiger partial charge in [-0.15, -0.1) is 0 Å². The topological polar surface area (TPSA) is 35.5 Å². The molecule has 98 valence electrons. The van der Waals surface area contributed by atoms with Gasteiger partial charge >= 0.3 is 0 Å². The lowest BCUT2D eigenvalue weighted by Crippen LogP contribution is -2.24. The Balaban J connectivity index is 2.01. The zero-order valence-electron chi connectivity index (χ0n) is 11.2. The van der Waals surface area contributed by atoms with Crippen molar-refractivity contribution in [1.29, 1.82) is 0 Å². The number of benzene rings is 1. The van der Waals surface area contributed by atoms with Gasteiger partial charge in [-0.25, -0.2) is 0 Å². The molecule has 1 aromatic carbocycles. The number of hydrogen-bond donors (Lipinski definition) is 0. The Bertz CT molecular complexity index is 437. The van der Waals surface area contributed by atoms with Gasteiger partial charge in [-0.2, -0.15) is 0 Å². The van der Waals surface area contributed by atoms with Crippen molar-refractivity contribution in [3.05, 3.63) is 29.3 Å². The van der Waals surface area contributed by atoms with Crippen molar-refractivity contribution in [1.82, 2.24) is 0 Å². The first-order valence-corrected chi connectivity index (χ1v) is 6.37. The molecule has 0 aromatic heterocycles. The quantitative estimate of drug-likeness (QED) is 0.768. The van der Waals surface area contributed by atoms with Crippen LogP contribution in [-0.2, 0) is 4.74 Å². The fourth-order valence-electron chi connectivity index (χ4n) is 2.34. The molecule has 1 heterocycles. The highest BCUT2D eigenvalue weighted by molar-refractivity contribution is 5.80. The van der Waals surface area contributed by atoms with Crippen LogP contribution in [-0.4, -0.2) is 24.6 Å². The summed E-state index contributed by atoms with van der Waals surface area (Å²) in [5.41, 5.74) is 1.54. The van der Waals surface area contributed by atoms with Gasteiger partial charge in [0.15, 0.2) is 6.29 Å². The van der Waals surface area contributed by atoms with Crippen LogP contribution in [0.2, 0.25) is 0 Å². The average Bonchev–Trinajstić information content (AvgIpc) is 2.67. The number of aryl methyl sites for hydroxylation is 1. The van der Waals surface area contributed by atoms with E-state index in [2.05, 4.69) is 13.8 Å². The Labute approximate surface area is 108 Å². The number of para-hydroxylation sites is 1. The van der Waals surface area contributed by atoms with Gasteiger partial charge in [-0.05, 0) is 45.2 Å². The van der Waals surface area contributed by atoms with Crippen molar-refractivity contribution >= 4 is 6.29 Å². The molecule has 1 fully saturated rings. The minimum absolute atomic E-state index is 0.0484. The standard InChI is InChI=1S/C15H20O3/c1-11-5-4-6-12(9-16)14(11)17-10-13-7-8-15(2,3)18-13/h4-6,9,13H,7-8,10H2,1-3H3. The number of rotatable bonds is 4. The van der Waals surface area contributed by atoms with Crippen LogP contribution in [0.1, 0.15) is 42.6 Å². The molecule has 3 nitrogen and oxygen atoms in total. The van der Waals surface area contributed by atoms with E-state index in [1.807, 2.05) is 19.1 Å². The number of aldehydes is 1. The molecule has 0 bridgehead atoms. The molecule has 3 heteroatoms. The van der Waals surface area contributed by atoms with Crippen LogP contribution < -0.4 is 4.74 Å². The SMILES string of the molecule is Cc1cccc(C=O)c1OCC1CCC(C)(C)O1. The van der Waals surface area contributed by atoms with E-state index in [4.69, 9.17) is 9.47 Å². The smallest absolute Gasteiger partial charge is 0.153 e. The summed E-state index contributed by atoms with van der Waals surface area (Å²) in [5, 5.41) is 0. The molecule has 1 unspecified atom stereocenters. The Kier molecular flexibility index (Phi) is 3.71. The second-order valence-electron chi connectivity index (χ2n) is 5.46. The molecular formula is C15H20O3. The van der Waals surface area contributed by atoms with Crippen molar-refractivity contribution in [3.63, 3.8) is 0 Å². The Morgan fingerprint density at radius 3 is 2.89 bits per heavy atom. The van der Waals surface area contributed by atoms with Crippen LogP contribution in [0.15, 0.2) is 18.2 Å². The van der Waals surface area contributed by atoms with E-state index < -0.39 is 0 Å². The molecule has 1 atom stereocenters. The van der Waals surface area contributed by atoms with Crippen molar-refractivity contribution in [2.75, 3.05) is 6.61 Å². The van der Waals surface area contributed by atoms with E-state index in [-0.39, 0.29) is 11.7 Å². The average molecular weight is 248 g/mol. The van der Waals surface area contributed by atoms with Gasteiger partial charge in [0.2, 0.25) is 0 Å². The third kappa shape index (κ3) is 2.91. The largest absolute Gasteiger partial charge is 0.490 e. The van der Waals surface area contributed by atoms with E-state index in [1.54, 1.807) is 6.07 Å². The van der Waals surface area contributed by atoms with Crippen LogP contribution >= 0.6 is 0 Å². The fraction of sp³-hybridized carbons (Fsp3) is 0.533. The summed E-state index contributed by atoms with van der Waals surface area (Å²) in [6.07, 6.45) is 3.02. The van der Waals surface area contributed by atoms with Crippen molar-refractivity contribution in [2.24, 2.45) is 0 Å². The lowest BCUT2D eigenvalue weighted by molar-refractivity contribution is -0.0327. The lowest BCUT2D eigenvalue weighted by Gasteiger charge is -2.20. The predicted molar refractivity (Wildman–Crippen MR) is 70.2 cm³/mol. The molecule has 0 N–H and O–H groups in total. The predicted octanol–water partition coefficient (Wildman–Crippen LogP) is 3.14. The number of hydrogen-bond acceptors (Lipinski definition) is 3. The summed E-state index contributed by atoms with van der Waals surface area (Å²) in [4.78, 5) is 11.0. The van der Waals surface area contributed by atoms with Crippen molar-refractivity contribution in [2.45, 2.75) is 45.3 Å². The zero-order valence-corrected chi connectivity index (χ0v) is 11.2. The molecule has 0 spiro atoms. The summed E-state index contributed by atoms with van der Waals surface area (Å²) in [6.45, 7) is 6.64. The van der Waals surface area contributed by atoms with Crippen LogP contribution in [0.25, 0.3) is 0 Å². The summed E-state index contributed by atoms with van der Waals surface area (Å²) < 4.78 is 11.7. The maximum absolute atomic E-state index is 11.0. The first-order chi connectivity index (χ1) is 8.52. The van der Waals surface area contributed by atoms with Crippen LogP contribution in [0, 0.1) is 6.92 Å². The Morgan fingerprint density at radius 1 is 1.50 bits per heavy atom. The third-order valence-corrected chi connectivity index (χ3v) is 3.34. The highest BCUT2D eigenvalue weighted by atomic mass is 16.6. The maximum atomic E-state index is 11.0. The molecule has 1 aliphatic rings. The van der Waals surface area contributed by atoms with E-state index in [1.165, 1.54) is 0 Å². The fourth-order valence-corrected chi connectivity index (χ4v) is 2.34. The van der Waals surface area contributed by atoms with Crippen LogP contribution in [0.4, 0.5) is 0 Å². The number of carbonyl (C=O) groups excluding carboxylic acids is 1. The van der Waals surface area contributed by atoms with E-state index in [0.29, 0.717) is 17.9 Å². The number of ether oxygens (including phenoxy) is 2. The highest BCUT2D eigenvalue weighted by Crippen LogP contribution is 2.30. The maximum Gasteiger partial charge on any atom is 0.153 e. The first kappa shape index (κ1) is 13.1. The minimum atomic E-state index is -0.0484. The summed E-state index contributed by atoms with van der Waals surface area (Å²) in [6, 6.07) is 5.58. The second kappa shape index (κ2) is 5.11. The van der Waals surface area contributed by atoms with E-state index in [0.717, 1.165) is 24.7 Å². The summed E-state index contributed by atoms with van der Waals surface area (Å²) in [7, 11) is 0. The molecule has 0 amide bonds. The van der Waals surface area contributed by atoms with Gasteiger partial charge in [-0.3, -0.25) is 4.79 Å². The van der Waals surface area contributed by atoms with Gasteiger partial charge < -0.3 is 9.47 Å². The number of carbonyl (C=O) groups is 1. The molecule has 0 saturated carbocycles. The highest BCUT2D eigenvalue weighted by Gasteiger charge is 2.32. The summed E-state index contributed by atoms with van der Waals surface area (Å²) in [5.74, 6) is 0.681. The second-order valence-corrected chi connectivity index (χ2v) is 5.46. The first-order valence-electron chi connectivity index (χ1n) is 6.37. The zero-order chi connectivity index (χ0) is 13.2. The molecule has 1 saturated heterocycles. The van der Waals surface area contributed by atoms with Gasteiger partial charge in [0.05, 0.1) is 17.3 Å². The van der Waals surface area contributed by atoms with Gasteiger partial charge in [-0.1, -0.05) is 12.1 Å². The van der Waals surface area contributed by atoms with Crippen LogP contribution in [0.5, 0.6) is 5.75 Å². The van der Waals surface area contributed by atoms with Crippen molar-refractivity contribution in [3.8, 4) is 5.75 Å². The molecule has 1 aromatic rings. The van der Waals surface area contributed by atoms with Gasteiger partial charge in [0.25, 0.3) is 0 Å². The lowest BCUT2D eigenvalue weighted by atomic mass is 10.1. The normalized spacial score (nSPS) is 21.8. The monoisotopic (exact) mass is 248 g/mol. The van der Waals surface area contributed by atoms with Gasteiger partial charge in [0, 0.05) is 0 Å².